The van der Waals surface area contributed by atoms with E-state index in [1.807, 2.05) is 25.1 Å². The van der Waals surface area contributed by atoms with Crippen molar-refractivity contribution in [2.45, 2.75) is 6.92 Å². The molecule has 0 saturated heterocycles. The summed E-state index contributed by atoms with van der Waals surface area (Å²) in [6.45, 7) is 2.47. The van der Waals surface area contributed by atoms with Crippen LogP contribution in [-0.2, 0) is 0 Å². The number of benzene rings is 2. The van der Waals surface area contributed by atoms with Crippen LogP contribution in [0.3, 0.4) is 0 Å². The first-order chi connectivity index (χ1) is 7.72. The number of aromatic carboxylic acids is 1. The van der Waals surface area contributed by atoms with Crippen molar-refractivity contribution >= 4 is 16.7 Å². The van der Waals surface area contributed by atoms with Crippen LogP contribution >= 0.6 is 0 Å². The molecule has 0 unspecified atom stereocenters. The smallest absolute Gasteiger partial charge is 0.335 e. The first kappa shape index (κ1) is 10.5. The van der Waals surface area contributed by atoms with E-state index in [-0.39, 0.29) is 5.56 Å². The highest BCUT2D eigenvalue weighted by Crippen LogP contribution is 2.26. The van der Waals surface area contributed by atoms with Crippen LogP contribution in [-0.4, -0.2) is 17.7 Å². The van der Waals surface area contributed by atoms with E-state index in [1.54, 1.807) is 18.2 Å². The molecule has 1 N–H and O–H groups in total. The summed E-state index contributed by atoms with van der Waals surface area (Å²) in [5.41, 5.74) is 0.277. The van der Waals surface area contributed by atoms with Crippen molar-refractivity contribution in [1.82, 2.24) is 0 Å². The monoisotopic (exact) mass is 216 g/mol. The Labute approximate surface area is 93.3 Å². The van der Waals surface area contributed by atoms with Crippen molar-refractivity contribution in [1.29, 1.82) is 0 Å². The third-order valence-corrected chi connectivity index (χ3v) is 2.39. The lowest BCUT2D eigenvalue weighted by atomic mass is 10.1. The van der Waals surface area contributed by atoms with Gasteiger partial charge in [-0.1, -0.05) is 18.2 Å². The molecular formula is C13H12O3. The van der Waals surface area contributed by atoms with E-state index in [4.69, 9.17) is 9.84 Å². The van der Waals surface area contributed by atoms with E-state index in [0.717, 1.165) is 16.5 Å². The number of ether oxygens (including phenoxy) is 1. The van der Waals surface area contributed by atoms with Gasteiger partial charge < -0.3 is 9.84 Å². The fourth-order valence-electron chi connectivity index (χ4n) is 1.66. The summed E-state index contributed by atoms with van der Waals surface area (Å²) in [5, 5.41) is 10.7. The SMILES string of the molecule is CCOc1cccc2ccc(C(=O)O)cc12. The molecule has 0 heterocycles. The minimum Gasteiger partial charge on any atom is -0.493 e. The van der Waals surface area contributed by atoms with Gasteiger partial charge >= 0.3 is 5.97 Å². The second-order valence-electron chi connectivity index (χ2n) is 3.43. The van der Waals surface area contributed by atoms with Crippen molar-refractivity contribution in [3.05, 3.63) is 42.0 Å². The van der Waals surface area contributed by atoms with E-state index in [1.165, 1.54) is 0 Å². The molecule has 2 rings (SSSR count). The Balaban J connectivity index is 2.63. The van der Waals surface area contributed by atoms with Crippen molar-refractivity contribution in [3.63, 3.8) is 0 Å². The zero-order valence-electron chi connectivity index (χ0n) is 8.93. The molecule has 2 aromatic rings. The van der Waals surface area contributed by atoms with Crippen LogP contribution in [0.2, 0.25) is 0 Å². The maximum absolute atomic E-state index is 10.9. The van der Waals surface area contributed by atoms with E-state index >= 15 is 0 Å². The topological polar surface area (TPSA) is 46.5 Å². The number of carbonyl (C=O) groups is 1. The zero-order chi connectivity index (χ0) is 11.5. The molecule has 0 aliphatic heterocycles. The van der Waals surface area contributed by atoms with E-state index in [2.05, 4.69) is 0 Å². The second kappa shape index (κ2) is 4.23. The van der Waals surface area contributed by atoms with Gasteiger partial charge in [0, 0.05) is 5.39 Å². The van der Waals surface area contributed by atoms with Crippen LogP contribution in [0.5, 0.6) is 5.75 Å². The summed E-state index contributed by atoms with van der Waals surface area (Å²) in [6, 6.07) is 10.7. The summed E-state index contributed by atoms with van der Waals surface area (Å²) >= 11 is 0. The molecular weight excluding hydrogens is 204 g/mol. The lowest BCUT2D eigenvalue weighted by molar-refractivity contribution is 0.0697. The van der Waals surface area contributed by atoms with Crippen LogP contribution in [0.15, 0.2) is 36.4 Å². The summed E-state index contributed by atoms with van der Waals surface area (Å²) < 4.78 is 5.46. The van der Waals surface area contributed by atoms with Crippen LogP contribution in [0.1, 0.15) is 17.3 Å². The van der Waals surface area contributed by atoms with E-state index in [0.29, 0.717) is 6.61 Å². The average Bonchev–Trinajstić information content (AvgIpc) is 2.29. The predicted octanol–water partition coefficient (Wildman–Crippen LogP) is 2.94. The molecule has 0 saturated carbocycles. The Bertz CT molecular complexity index is 532. The third-order valence-electron chi connectivity index (χ3n) is 2.39. The zero-order valence-corrected chi connectivity index (χ0v) is 8.93. The van der Waals surface area contributed by atoms with Crippen molar-refractivity contribution in [2.75, 3.05) is 6.61 Å². The van der Waals surface area contributed by atoms with Crippen LogP contribution in [0, 0.1) is 0 Å². The summed E-state index contributed by atoms with van der Waals surface area (Å²) in [4.78, 5) is 10.9. The number of hydrogen-bond acceptors (Lipinski definition) is 2. The Morgan fingerprint density at radius 2 is 2.12 bits per heavy atom. The minimum atomic E-state index is -0.923. The molecule has 2 aromatic carbocycles. The molecule has 16 heavy (non-hydrogen) atoms. The van der Waals surface area contributed by atoms with E-state index in [9.17, 15) is 4.79 Å². The Kier molecular flexibility index (Phi) is 2.77. The highest BCUT2D eigenvalue weighted by Gasteiger charge is 2.06. The van der Waals surface area contributed by atoms with Gasteiger partial charge in [0.1, 0.15) is 5.75 Å². The maximum Gasteiger partial charge on any atom is 0.335 e. The van der Waals surface area contributed by atoms with Gasteiger partial charge in [0.05, 0.1) is 12.2 Å². The lowest BCUT2D eigenvalue weighted by Gasteiger charge is -2.07. The van der Waals surface area contributed by atoms with Crippen molar-refractivity contribution in [3.8, 4) is 5.75 Å². The first-order valence-electron chi connectivity index (χ1n) is 5.11. The normalized spacial score (nSPS) is 10.3. The van der Waals surface area contributed by atoms with Crippen molar-refractivity contribution in [2.24, 2.45) is 0 Å². The fourth-order valence-corrected chi connectivity index (χ4v) is 1.66. The summed E-state index contributed by atoms with van der Waals surface area (Å²) in [5.74, 6) is -0.198. The van der Waals surface area contributed by atoms with Gasteiger partial charge in [-0.3, -0.25) is 0 Å². The van der Waals surface area contributed by atoms with Gasteiger partial charge in [0.15, 0.2) is 0 Å². The molecule has 3 heteroatoms. The highest BCUT2D eigenvalue weighted by atomic mass is 16.5. The Morgan fingerprint density at radius 1 is 1.31 bits per heavy atom. The number of hydrogen-bond donors (Lipinski definition) is 1. The molecule has 0 atom stereocenters. The number of carboxylic acids is 1. The highest BCUT2D eigenvalue weighted by molar-refractivity contribution is 5.96. The Hall–Kier alpha value is -2.03. The fraction of sp³-hybridized carbons (Fsp3) is 0.154. The van der Waals surface area contributed by atoms with Crippen LogP contribution < -0.4 is 4.74 Å². The van der Waals surface area contributed by atoms with Gasteiger partial charge in [0.2, 0.25) is 0 Å². The van der Waals surface area contributed by atoms with Crippen LogP contribution in [0.4, 0.5) is 0 Å². The molecule has 0 bridgehead atoms. The van der Waals surface area contributed by atoms with Crippen LogP contribution in [0.25, 0.3) is 10.8 Å². The van der Waals surface area contributed by atoms with E-state index < -0.39 is 5.97 Å². The molecule has 0 aliphatic rings. The third kappa shape index (κ3) is 1.84. The van der Waals surface area contributed by atoms with Gasteiger partial charge in [-0.05, 0) is 30.5 Å². The molecule has 0 aromatic heterocycles. The number of carboxylic acid groups (broad SMARTS) is 1. The van der Waals surface area contributed by atoms with Gasteiger partial charge in [0.25, 0.3) is 0 Å². The molecule has 0 aliphatic carbocycles. The summed E-state index contributed by atoms with van der Waals surface area (Å²) in [7, 11) is 0. The largest absolute Gasteiger partial charge is 0.493 e. The second-order valence-corrected chi connectivity index (χ2v) is 3.43. The molecule has 0 amide bonds. The quantitative estimate of drug-likeness (QED) is 0.858. The predicted molar refractivity (Wildman–Crippen MR) is 62.1 cm³/mol. The number of rotatable bonds is 3. The Morgan fingerprint density at radius 3 is 2.81 bits per heavy atom. The van der Waals surface area contributed by atoms with Gasteiger partial charge in [-0.15, -0.1) is 0 Å². The molecule has 0 spiro atoms. The molecule has 82 valence electrons. The lowest BCUT2D eigenvalue weighted by Crippen LogP contribution is -1.97. The van der Waals surface area contributed by atoms with Gasteiger partial charge in [-0.2, -0.15) is 0 Å². The minimum absolute atomic E-state index is 0.277. The summed E-state index contributed by atoms with van der Waals surface area (Å²) in [6.07, 6.45) is 0. The maximum atomic E-state index is 10.9. The van der Waals surface area contributed by atoms with Gasteiger partial charge in [-0.25, -0.2) is 4.79 Å². The molecule has 0 fully saturated rings. The van der Waals surface area contributed by atoms with Crippen molar-refractivity contribution < 1.29 is 14.6 Å². The number of fused-ring (bicyclic) bond motifs is 1. The first-order valence-corrected chi connectivity index (χ1v) is 5.11. The molecule has 0 radical (unpaired) electrons. The molecule has 3 nitrogen and oxygen atoms in total. The standard InChI is InChI=1S/C13H12O3/c1-2-16-12-5-3-4-9-6-7-10(13(14)15)8-11(9)12/h3-8H,2H2,1H3,(H,14,15). The average molecular weight is 216 g/mol.